The van der Waals surface area contributed by atoms with Crippen LogP contribution in [0.5, 0.6) is 0 Å². The predicted octanol–water partition coefficient (Wildman–Crippen LogP) is 2.74. The summed E-state index contributed by atoms with van der Waals surface area (Å²) in [7, 11) is 0. The van der Waals surface area contributed by atoms with Crippen LogP contribution in [0, 0.1) is 0 Å². The molecule has 0 aliphatic carbocycles. The van der Waals surface area contributed by atoms with Crippen molar-refractivity contribution in [1.82, 2.24) is 9.88 Å². The molecule has 1 fully saturated rings. The number of nitrogens with zero attached hydrogens (tertiary/aromatic N) is 1. The lowest BCUT2D eigenvalue weighted by Crippen LogP contribution is -2.54. The largest absolute Gasteiger partial charge is 0.369 e. The Balaban J connectivity index is 1.77. The minimum Gasteiger partial charge on any atom is -0.369 e. The first-order valence-electron chi connectivity index (χ1n) is 7.45. The van der Waals surface area contributed by atoms with E-state index in [9.17, 15) is 4.79 Å². The number of aromatic amines is 1. The van der Waals surface area contributed by atoms with Crippen molar-refractivity contribution >= 4 is 16.8 Å². The summed E-state index contributed by atoms with van der Waals surface area (Å²) in [5.41, 5.74) is 1.87. The van der Waals surface area contributed by atoms with Gasteiger partial charge in [-0.3, -0.25) is 4.79 Å². The maximum Gasteiger partial charge on any atom is 0.227 e. The molecular formula is C17H22N2O2. The highest BCUT2D eigenvalue weighted by atomic mass is 16.5. The summed E-state index contributed by atoms with van der Waals surface area (Å²) in [6.07, 6.45) is 2.46. The number of H-pyrrole nitrogens is 1. The van der Waals surface area contributed by atoms with Crippen molar-refractivity contribution in [3.63, 3.8) is 0 Å². The average molecular weight is 286 g/mol. The van der Waals surface area contributed by atoms with Gasteiger partial charge in [0.2, 0.25) is 5.91 Å². The van der Waals surface area contributed by atoms with Gasteiger partial charge in [-0.05, 0) is 32.4 Å². The molecule has 4 heteroatoms. The number of nitrogens with one attached hydrogen (secondary N) is 1. The molecule has 1 N–H and O–H groups in total. The molecule has 1 aliphatic heterocycles. The zero-order valence-corrected chi connectivity index (χ0v) is 12.8. The Labute approximate surface area is 125 Å². The van der Waals surface area contributed by atoms with Crippen molar-refractivity contribution in [3.8, 4) is 0 Å². The minimum atomic E-state index is -0.270. The Morgan fingerprint density at radius 2 is 2.19 bits per heavy atom. The smallest absolute Gasteiger partial charge is 0.227 e. The Kier molecular flexibility index (Phi) is 3.49. The van der Waals surface area contributed by atoms with Crippen molar-refractivity contribution < 1.29 is 9.53 Å². The zero-order chi connectivity index (χ0) is 15.0. The Bertz CT molecular complexity index is 660. The first-order valence-corrected chi connectivity index (χ1v) is 7.45. The number of aromatic nitrogens is 1. The van der Waals surface area contributed by atoms with Crippen LogP contribution >= 0.6 is 0 Å². The van der Waals surface area contributed by atoms with Gasteiger partial charge in [0.05, 0.1) is 18.1 Å². The SMILES string of the molecule is CC1CN(C(=O)Cc2c[nH]c3ccccc23)CC(C)(C)O1. The third-order valence-corrected chi connectivity index (χ3v) is 3.94. The summed E-state index contributed by atoms with van der Waals surface area (Å²) in [5.74, 6) is 0.169. The van der Waals surface area contributed by atoms with Gasteiger partial charge in [0, 0.05) is 30.2 Å². The molecule has 4 nitrogen and oxygen atoms in total. The average Bonchev–Trinajstić information content (AvgIpc) is 2.80. The normalized spacial score (nSPS) is 21.7. The number of hydrogen-bond acceptors (Lipinski definition) is 2. The molecule has 21 heavy (non-hydrogen) atoms. The van der Waals surface area contributed by atoms with Crippen LogP contribution in [-0.2, 0) is 16.0 Å². The minimum absolute atomic E-state index is 0.0840. The molecule has 2 aromatic rings. The quantitative estimate of drug-likeness (QED) is 0.922. The highest BCUT2D eigenvalue weighted by Crippen LogP contribution is 2.23. The number of carbonyl (C=O) groups excluding carboxylic acids is 1. The Morgan fingerprint density at radius 1 is 1.43 bits per heavy atom. The van der Waals surface area contributed by atoms with Gasteiger partial charge in [0.25, 0.3) is 0 Å². The first-order chi connectivity index (χ1) is 9.94. The third kappa shape index (κ3) is 2.95. The molecule has 1 saturated heterocycles. The molecule has 1 aromatic carbocycles. The van der Waals surface area contributed by atoms with E-state index in [0.717, 1.165) is 16.5 Å². The molecule has 0 saturated carbocycles. The molecule has 1 amide bonds. The van der Waals surface area contributed by atoms with Crippen LogP contribution in [0.25, 0.3) is 10.9 Å². The molecule has 1 aliphatic rings. The maximum atomic E-state index is 12.6. The lowest BCUT2D eigenvalue weighted by atomic mass is 10.0. The Morgan fingerprint density at radius 3 is 2.95 bits per heavy atom. The number of para-hydroxylation sites is 1. The van der Waals surface area contributed by atoms with E-state index in [0.29, 0.717) is 19.5 Å². The van der Waals surface area contributed by atoms with Crippen LogP contribution in [0.15, 0.2) is 30.5 Å². The highest BCUT2D eigenvalue weighted by molar-refractivity contribution is 5.88. The third-order valence-electron chi connectivity index (χ3n) is 3.94. The van der Waals surface area contributed by atoms with Crippen molar-refractivity contribution in [2.24, 2.45) is 0 Å². The number of fused-ring (bicyclic) bond motifs is 1. The van der Waals surface area contributed by atoms with Gasteiger partial charge >= 0.3 is 0 Å². The molecular weight excluding hydrogens is 264 g/mol. The van der Waals surface area contributed by atoms with Gasteiger partial charge in [-0.15, -0.1) is 0 Å². The van der Waals surface area contributed by atoms with Crippen molar-refractivity contribution in [2.45, 2.75) is 38.9 Å². The summed E-state index contributed by atoms with van der Waals surface area (Å²) < 4.78 is 5.86. The number of hydrogen-bond donors (Lipinski definition) is 1. The van der Waals surface area contributed by atoms with E-state index < -0.39 is 0 Å². The Hall–Kier alpha value is -1.81. The van der Waals surface area contributed by atoms with Gasteiger partial charge < -0.3 is 14.6 Å². The van der Waals surface area contributed by atoms with Crippen LogP contribution < -0.4 is 0 Å². The van der Waals surface area contributed by atoms with Crippen molar-refractivity contribution in [2.75, 3.05) is 13.1 Å². The van der Waals surface area contributed by atoms with E-state index >= 15 is 0 Å². The van der Waals surface area contributed by atoms with E-state index in [-0.39, 0.29) is 17.6 Å². The number of carbonyl (C=O) groups is 1. The van der Waals surface area contributed by atoms with Gasteiger partial charge in [-0.2, -0.15) is 0 Å². The van der Waals surface area contributed by atoms with Gasteiger partial charge in [-0.1, -0.05) is 18.2 Å². The summed E-state index contributed by atoms with van der Waals surface area (Å²) in [5, 5.41) is 1.13. The van der Waals surface area contributed by atoms with E-state index in [1.165, 1.54) is 0 Å². The lowest BCUT2D eigenvalue weighted by Gasteiger charge is -2.41. The van der Waals surface area contributed by atoms with Crippen LogP contribution in [-0.4, -0.2) is 40.6 Å². The van der Waals surface area contributed by atoms with Crippen LogP contribution in [0.3, 0.4) is 0 Å². The fraction of sp³-hybridized carbons (Fsp3) is 0.471. The molecule has 1 aromatic heterocycles. The van der Waals surface area contributed by atoms with E-state index in [2.05, 4.69) is 11.1 Å². The van der Waals surface area contributed by atoms with Crippen LogP contribution in [0.2, 0.25) is 0 Å². The van der Waals surface area contributed by atoms with Crippen LogP contribution in [0.1, 0.15) is 26.3 Å². The molecule has 1 unspecified atom stereocenters. The molecule has 112 valence electrons. The number of rotatable bonds is 2. The van der Waals surface area contributed by atoms with Gasteiger partial charge in [0.15, 0.2) is 0 Å². The summed E-state index contributed by atoms with van der Waals surface area (Å²) in [4.78, 5) is 17.8. The first kappa shape index (κ1) is 14.1. The van der Waals surface area contributed by atoms with E-state index in [1.54, 1.807) is 0 Å². The zero-order valence-electron chi connectivity index (χ0n) is 12.8. The molecule has 0 spiro atoms. The number of amides is 1. The summed E-state index contributed by atoms with van der Waals surface area (Å²) in [6, 6.07) is 8.09. The van der Waals surface area contributed by atoms with Crippen LogP contribution in [0.4, 0.5) is 0 Å². The predicted molar refractivity (Wildman–Crippen MR) is 83.2 cm³/mol. The number of morpholine rings is 1. The standard InChI is InChI=1S/C17H22N2O2/c1-12-10-19(11-17(2,3)21-12)16(20)8-13-9-18-15-7-5-4-6-14(13)15/h4-7,9,12,18H,8,10-11H2,1-3H3. The summed E-state index contributed by atoms with van der Waals surface area (Å²) in [6.45, 7) is 7.42. The summed E-state index contributed by atoms with van der Waals surface area (Å²) >= 11 is 0. The topological polar surface area (TPSA) is 45.3 Å². The highest BCUT2D eigenvalue weighted by Gasteiger charge is 2.33. The van der Waals surface area contributed by atoms with E-state index in [4.69, 9.17) is 4.74 Å². The van der Waals surface area contributed by atoms with Gasteiger partial charge in [0.1, 0.15) is 0 Å². The number of ether oxygens (including phenoxy) is 1. The van der Waals surface area contributed by atoms with Crippen molar-refractivity contribution in [1.29, 1.82) is 0 Å². The molecule has 2 heterocycles. The second kappa shape index (κ2) is 5.19. The molecule has 3 rings (SSSR count). The molecule has 1 atom stereocenters. The second-order valence-electron chi connectivity index (χ2n) is 6.50. The number of benzene rings is 1. The van der Waals surface area contributed by atoms with Crippen molar-refractivity contribution in [3.05, 3.63) is 36.0 Å². The van der Waals surface area contributed by atoms with Gasteiger partial charge in [-0.25, -0.2) is 0 Å². The molecule has 0 bridgehead atoms. The second-order valence-corrected chi connectivity index (χ2v) is 6.50. The molecule has 0 radical (unpaired) electrons. The fourth-order valence-electron chi connectivity index (χ4n) is 3.20. The van der Waals surface area contributed by atoms with E-state index in [1.807, 2.05) is 50.1 Å². The lowest BCUT2D eigenvalue weighted by molar-refractivity contribution is -0.157. The maximum absolute atomic E-state index is 12.6. The fourth-order valence-corrected chi connectivity index (χ4v) is 3.20. The monoisotopic (exact) mass is 286 g/mol.